The summed E-state index contributed by atoms with van der Waals surface area (Å²) in [5.41, 5.74) is 7.32. The van der Waals surface area contributed by atoms with E-state index in [9.17, 15) is 4.79 Å². The van der Waals surface area contributed by atoms with Crippen molar-refractivity contribution in [1.82, 2.24) is 4.98 Å². The van der Waals surface area contributed by atoms with E-state index in [1.54, 1.807) is 6.20 Å². The van der Waals surface area contributed by atoms with Crippen LogP contribution in [0.4, 0.5) is 5.69 Å². The largest absolute Gasteiger partial charge is 0.364 e. The topological polar surface area (TPSA) is 68.0 Å². The maximum absolute atomic E-state index is 11.0. The molecule has 0 aromatic carbocycles. The lowest BCUT2D eigenvalue weighted by Crippen LogP contribution is -2.17. The number of nitrogens with zero attached hydrogens (tertiary/aromatic N) is 1. The van der Waals surface area contributed by atoms with Gasteiger partial charge in [0.05, 0.1) is 0 Å². The third-order valence-corrected chi connectivity index (χ3v) is 1.97. The summed E-state index contributed by atoms with van der Waals surface area (Å²) >= 11 is 0. The number of amides is 1. The third kappa shape index (κ3) is 1.26. The molecule has 66 valence electrons. The van der Waals surface area contributed by atoms with Crippen LogP contribution in [0.3, 0.4) is 0 Å². The maximum Gasteiger partial charge on any atom is 0.267 e. The quantitative estimate of drug-likeness (QED) is 0.658. The number of aromatic nitrogens is 1. The Hall–Kier alpha value is -1.84. The molecule has 2 rings (SSSR count). The summed E-state index contributed by atoms with van der Waals surface area (Å²) in [5.74, 6) is -0.478. The molecular weight excluding hydrogens is 166 g/mol. The highest BCUT2D eigenvalue weighted by Crippen LogP contribution is 2.21. The molecule has 0 saturated heterocycles. The van der Waals surface area contributed by atoms with Crippen LogP contribution in [0.1, 0.15) is 16.1 Å². The Morgan fingerprint density at radius 2 is 2.46 bits per heavy atom. The highest BCUT2D eigenvalue weighted by molar-refractivity contribution is 5.94. The summed E-state index contributed by atoms with van der Waals surface area (Å²) in [5, 5.41) is 3.03. The predicted molar refractivity (Wildman–Crippen MR) is 49.2 cm³/mol. The Bertz CT molecular complexity index is 384. The lowest BCUT2D eigenvalue weighted by molar-refractivity contribution is 0.0995. The van der Waals surface area contributed by atoms with E-state index in [1.807, 2.05) is 18.3 Å². The molecule has 13 heavy (non-hydrogen) atoms. The number of carbonyl (C=O) groups excluding carboxylic acids is 1. The van der Waals surface area contributed by atoms with Gasteiger partial charge in [0.1, 0.15) is 5.69 Å². The molecule has 1 aliphatic rings. The number of nitrogens with one attached hydrogen (secondary N) is 1. The summed E-state index contributed by atoms with van der Waals surface area (Å²) in [6.45, 7) is 0. The van der Waals surface area contributed by atoms with Crippen LogP contribution in [0.25, 0.3) is 0 Å². The van der Waals surface area contributed by atoms with Crippen LogP contribution in [0.2, 0.25) is 0 Å². The van der Waals surface area contributed by atoms with Crippen molar-refractivity contribution in [2.24, 2.45) is 5.73 Å². The fourth-order valence-corrected chi connectivity index (χ4v) is 1.37. The molecular formula is C9H9N3O. The van der Waals surface area contributed by atoms with E-state index in [2.05, 4.69) is 10.3 Å². The monoisotopic (exact) mass is 175 g/mol. The van der Waals surface area contributed by atoms with Crippen LogP contribution < -0.4 is 11.1 Å². The summed E-state index contributed by atoms with van der Waals surface area (Å²) in [7, 11) is 0. The van der Waals surface area contributed by atoms with Crippen LogP contribution >= 0.6 is 0 Å². The molecule has 0 unspecified atom stereocenters. The van der Waals surface area contributed by atoms with Gasteiger partial charge in [-0.2, -0.15) is 0 Å². The van der Waals surface area contributed by atoms with E-state index in [-0.39, 0.29) is 0 Å². The number of hydrogen-bond donors (Lipinski definition) is 2. The number of fused-ring (bicyclic) bond motifs is 1. The van der Waals surface area contributed by atoms with Gasteiger partial charge < -0.3 is 11.1 Å². The van der Waals surface area contributed by atoms with Crippen molar-refractivity contribution in [3.05, 3.63) is 35.8 Å². The van der Waals surface area contributed by atoms with Crippen molar-refractivity contribution in [1.29, 1.82) is 0 Å². The van der Waals surface area contributed by atoms with Crippen LogP contribution in [-0.2, 0) is 6.42 Å². The Kier molecular flexibility index (Phi) is 1.73. The average molecular weight is 175 g/mol. The molecule has 3 N–H and O–H groups in total. The maximum atomic E-state index is 11.0. The van der Waals surface area contributed by atoms with E-state index in [0.29, 0.717) is 12.1 Å². The van der Waals surface area contributed by atoms with Crippen LogP contribution in [0.5, 0.6) is 0 Å². The van der Waals surface area contributed by atoms with Gasteiger partial charge in [-0.15, -0.1) is 0 Å². The Balaban J connectivity index is 2.55. The highest BCUT2D eigenvalue weighted by Gasteiger charge is 2.13. The van der Waals surface area contributed by atoms with E-state index < -0.39 is 5.91 Å². The smallest absolute Gasteiger partial charge is 0.267 e. The molecule has 0 spiro atoms. The molecule has 0 fully saturated rings. The minimum absolute atomic E-state index is 0.356. The second-order valence-corrected chi connectivity index (χ2v) is 2.80. The van der Waals surface area contributed by atoms with Crippen molar-refractivity contribution in [2.75, 3.05) is 5.32 Å². The summed E-state index contributed by atoms with van der Waals surface area (Å²) in [6, 6.07) is 1.82. The van der Waals surface area contributed by atoms with Crippen LogP contribution in [-0.4, -0.2) is 10.9 Å². The standard InChI is InChI=1S/C9H9N3O/c10-9(13)8-6-2-1-4-11-7(6)3-5-12-8/h1,3-5,11H,2H2,(H2,10,13). The van der Waals surface area contributed by atoms with E-state index in [4.69, 9.17) is 5.73 Å². The van der Waals surface area contributed by atoms with Gasteiger partial charge in [-0.1, -0.05) is 6.08 Å². The van der Waals surface area contributed by atoms with E-state index in [0.717, 1.165) is 11.3 Å². The van der Waals surface area contributed by atoms with Gasteiger partial charge in [0.25, 0.3) is 5.91 Å². The van der Waals surface area contributed by atoms with Gasteiger partial charge in [-0.05, 0) is 18.7 Å². The van der Waals surface area contributed by atoms with Crippen LogP contribution in [0.15, 0.2) is 24.5 Å². The molecule has 0 atom stereocenters. The van der Waals surface area contributed by atoms with E-state index in [1.165, 1.54) is 0 Å². The van der Waals surface area contributed by atoms with Crippen molar-refractivity contribution in [3.8, 4) is 0 Å². The predicted octanol–water partition coefficient (Wildman–Crippen LogP) is 0.662. The fraction of sp³-hybridized carbons (Fsp3) is 0.111. The van der Waals surface area contributed by atoms with Crippen molar-refractivity contribution in [2.45, 2.75) is 6.42 Å². The number of allylic oxidation sites excluding steroid dienone is 1. The average Bonchev–Trinajstić information content (AvgIpc) is 2.17. The Morgan fingerprint density at radius 3 is 3.23 bits per heavy atom. The van der Waals surface area contributed by atoms with Gasteiger partial charge in [-0.3, -0.25) is 9.78 Å². The highest BCUT2D eigenvalue weighted by atomic mass is 16.1. The van der Waals surface area contributed by atoms with Crippen molar-refractivity contribution in [3.63, 3.8) is 0 Å². The first-order valence-corrected chi connectivity index (χ1v) is 3.98. The van der Waals surface area contributed by atoms with Crippen molar-refractivity contribution >= 4 is 11.6 Å². The van der Waals surface area contributed by atoms with Crippen molar-refractivity contribution < 1.29 is 4.79 Å². The molecule has 1 aliphatic heterocycles. The zero-order chi connectivity index (χ0) is 9.26. The zero-order valence-corrected chi connectivity index (χ0v) is 6.95. The SMILES string of the molecule is NC(=O)c1nccc2c1CC=CN2. The number of hydrogen-bond acceptors (Lipinski definition) is 3. The number of primary amides is 1. The van der Waals surface area contributed by atoms with Gasteiger partial charge in [-0.25, -0.2) is 0 Å². The first-order valence-electron chi connectivity index (χ1n) is 3.98. The first kappa shape index (κ1) is 7.79. The Morgan fingerprint density at radius 1 is 1.62 bits per heavy atom. The molecule has 1 aromatic heterocycles. The minimum Gasteiger partial charge on any atom is -0.364 e. The number of rotatable bonds is 1. The van der Waals surface area contributed by atoms with Crippen LogP contribution in [0, 0.1) is 0 Å². The summed E-state index contributed by atoms with van der Waals surface area (Å²) < 4.78 is 0. The number of pyridine rings is 1. The third-order valence-electron chi connectivity index (χ3n) is 1.97. The molecule has 1 amide bonds. The fourth-order valence-electron chi connectivity index (χ4n) is 1.37. The number of carbonyl (C=O) groups is 1. The minimum atomic E-state index is -0.478. The number of anilines is 1. The second-order valence-electron chi connectivity index (χ2n) is 2.80. The van der Waals surface area contributed by atoms with Gasteiger partial charge in [0.2, 0.25) is 0 Å². The van der Waals surface area contributed by atoms with Gasteiger partial charge in [0, 0.05) is 17.4 Å². The van der Waals surface area contributed by atoms with E-state index >= 15 is 0 Å². The summed E-state index contributed by atoms with van der Waals surface area (Å²) in [6.07, 6.45) is 6.04. The summed E-state index contributed by atoms with van der Waals surface area (Å²) in [4.78, 5) is 14.9. The number of nitrogens with two attached hydrogens (primary N) is 1. The molecule has 2 heterocycles. The molecule has 1 aromatic rings. The molecule has 0 aliphatic carbocycles. The molecule has 4 heteroatoms. The lowest BCUT2D eigenvalue weighted by atomic mass is 10.1. The molecule has 0 bridgehead atoms. The molecule has 0 radical (unpaired) electrons. The van der Waals surface area contributed by atoms with Gasteiger partial charge in [0.15, 0.2) is 0 Å². The second kappa shape index (κ2) is 2.90. The lowest BCUT2D eigenvalue weighted by Gasteiger charge is -2.13. The first-order chi connectivity index (χ1) is 6.29. The van der Waals surface area contributed by atoms with Gasteiger partial charge >= 0.3 is 0 Å². The normalized spacial score (nSPS) is 13.2. The molecule has 0 saturated carbocycles. The Labute approximate surface area is 75.5 Å². The molecule has 4 nitrogen and oxygen atoms in total. The zero-order valence-electron chi connectivity index (χ0n) is 6.95.